The number of carbonyl (C=O) groups is 2. The van der Waals surface area contributed by atoms with Crippen LogP contribution < -0.4 is 5.32 Å². The second kappa shape index (κ2) is 7.60. The Hall–Kier alpha value is -2.60. The zero-order chi connectivity index (χ0) is 16.8. The van der Waals surface area contributed by atoms with Crippen LogP contribution in [0.15, 0.2) is 34.7 Å². The summed E-state index contributed by atoms with van der Waals surface area (Å²) in [6.07, 6.45) is 0.408. The van der Waals surface area contributed by atoms with Gasteiger partial charge in [0.05, 0.1) is 6.61 Å². The maximum atomic E-state index is 12.2. The van der Waals surface area contributed by atoms with Crippen molar-refractivity contribution in [3.63, 3.8) is 0 Å². The monoisotopic (exact) mass is 317 g/mol. The van der Waals surface area contributed by atoms with E-state index in [9.17, 15) is 9.59 Å². The summed E-state index contributed by atoms with van der Waals surface area (Å²) in [6.45, 7) is 2.53. The van der Waals surface area contributed by atoms with Crippen LogP contribution in [0, 0.1) is 0 Å². The van der Waals surface area contributed by atoms with E-state index in [0.717, 1.165) is 11.1 Å². The fourth-order valence-electron chi connectivity index (χ4n) is 2.27. The quantitative estimate of drug-likeness (QED) is 0.819. The molecule has 0 bridgehead atoms. The average Bonchev–Trinajstić information content (AvgIpc) is 2.99. The highest BCUT2D eigenvalue weighted by molar-refractivity contribution is 5.96. The van der Waals surface area contributed by atoms with Gasteiger partial charge >= 0.3 is 5.97 Å². The number of aromatic carboxylic acids is 1. The van der Waals surface area contributed by atoms with Crippen LogP contribution in [0.3, 0.4) is 0 Å². The normalized spacial score (nSPS) is 10.5. The molecule has 0 unspecified atom stereocenters. The molecule has 0 aliphatic rings. The van der Waals surface area contributed by atoms with Crippen molar-refractivity contribution < 1.29 is 23.8 Å². The molecule has 0 atom stereocenters. The molecule has 1 aromatic heterocycles. The van der Waals surface area contributed by atoms with Crippen LogP contribution >= 0.6 is 0 Å². The highest BCUT2D eigenvalue weighted by Gasteiger charge is 2.19. The molecule has 0 spiro atoms. The van der Waals surface area contributed by atoms with E-state index in [2.05, 4.69) is 5.32 Å². The number of rotatable bonds is 7. The van der Waals surface area contributed by atoms with E-state index < -0.39 is 11.9 Å². The summed E-state index contributed by atoms with van der Waals surface area (Å²) >= 11 is 0. The SMILES string of the molecule is CCc1oc(C(=O)NCc2ccccc2COC)cc1C(=O)O. The smallest absolute Gasteiger partial charge is 0.339 e. The number of aryl methyl sites for hydroxylation is 1. The molecule has 2 N–H and O–H groups in total. The summed E-state index contributed by atoms with van der Waals surface area (Å²) in [7, 11) is 1.61. The fourth-order valence-corrected chi connectivity index (χ4v) is 2.27. The molecule has 6 heteroatoms. The van der Waals surface area contributed by atoms with Gasteiger partial charge in [0.2, 0.25) is 0 Å². The molecule has 1 heterocycles. The third kappa shape index (κ3) is 3.98. The molecule has 0 aliphatic heterocycles. The number of benzene rings is 1. The Morgan fingerprint density at radius 3 is 2.52 bits per heavy atom. The molecule has 0 saturated heterocycles. The van der Waals surface area contributed by atoms with Gasteiger partial charge in [-0.05, 0) is 11.1 Å². The van der Waals surface area contributed by atoms with Crippen molar-refractivity contribution in [3.8, 4) is 0 Å². The van der Waals surface area contributed by atoms with Crippen LogP contribution in [0.25, 0.3) is 0 Å². The lowest BCUT2D eigenvalue weighted by molar-refractivity contribution is 0.0694. The Kier molecular flexibility index (Phi) is 5.54. The van der Waals surface area contributed by atoms with Gasteiger partial charge in [0.25, 0.3) is 5.91 Å². The Morgan fingerprint density at radius 2 is 1.96 bits per heavy atom. The van der Waals surface area contributed by atoms with Crippen molar-refractivity contribution in [2.45, 2.75) is 26.5 Å². The van der Waals surface area contributed by atoms with Gasteiger partial charge in [0.15, 0.2) is 5.76 Å². The molecule has 0 fully saturated rings. The maximum absolute atomic E-state index is 12.2. The number of furan rings is 1. The van der Waals surface area contributed by atoms with Gasteiger partial charge < -0.3 is 19.6 Å². The minimum absolute atomic E-state index is 0.00322. The van der Waals surface area contributed by atoms with Crippen LogP contribution in [0.4, 0.5) is 0 Å². The first-order valence-corrected chi connectivity index (χ1v) is 7.26. The van der Waals surface area contributed by atoms with E-state index in [1.807, 2.05) is 24.3 Å². The molecule has 2 rings (SSSR count). The van der Waals surface area contributed by atoms with Gasteiger partial charge in [-0.2, -0.15) is 0 Å². The van der Waals surface area contributed by atoms with Crippen LogP contribution in [0.2, 0.25) is 0 Å². The average molecular weight is 317 g/mol. The standard InChI is InChI=1S/C17H19NO5/c1-3-14-13(17(20)21)8-15(23-14)16(19)18-9-11-6-4-5-7-12(11)10-22-2/h4-8H,3,9-10H2,1-2H3,(H,18,19)(H,20,21). The second-order valence-corrected chi connectivity index (χ2v) is 4.99. The van der Waals surface area contributed by atoms with E-state index in [1.165, 1.54) is 6.07 Å². The molecule has 1 amide bonds. The highest BCUT2D eigenvalue weighted by Crippen LogP contribution is 2.17. The number of carboxylic acids is 1. The molecule has 0 saturated carbocycles. The van der Waals surface area contributed by atoms with Gasteiger partial charge in [-0.1, -0.05) is 31.2 Å². The van der Waals surface area contributed by atoms with Crippen molar-refractivity contribution in [2.75, 3.05) is 7.11 Å². The first kappa shape index (κ1) is 16.8. The third-order valence-corrected chi connectivity index (χ3v) is 3.44. The Labute approximate surface area is 134 Å². The van der Waals surface area contributed by atoms with Gasteiger partial charge in [-0.3, -0.25) is 4.79 Å². The third-order valence-electron chi connectivity index (χ3n) is 3.44. The van der Waals surface area contributed by atoms with Gasteiger partial charge in [0, 0.05) is 26.1 Å². The van der Waals surface area contributed by atoms with Crippen LogP contribution in [-0.4, -0.2) is 24.1 Å². The van der Waals surface area contributed by atoms with E-state index >= 15 is 0 Å². The van der Waals surface area contributed by atoms with Crippen molar-refractivity contribution in [1.82, 2.24) is 5.32 Å². The number of ether oxygens (including phenoxy) is 1. The lowest BCUT2D eigenvalue weighted by atomic mass is 10.1. The summed E-state index contributed by atoms with van der Waals surface area (Å²) in [6, 6.07) is 8.87. The predicted molar refractivity (Wildman–Crippen MR) is 83.4 cm³/mol. The van der Waals surface area contributed by atoms with E-state index in [0.29, 0.717) is 25.3 Å². The van der Waals surface area contributed by atoms with Crippen molar-refractivity contribution in [3.05, 3.63) is 58.5 Å². The summed E-state index contributed by atoms with van der Waals surface area (Å²) in [5.74, 6) is -1.25. The summed E-state index contributed by atoms with van der Waals surface area (Å²) in [5, 5.41) is 11.8. The summed E-state index contributed by atoms with van der Waals surface area (Å²) in [5.41, 5.74) is 1.94. The number of amides is 1. The van der Waals surface area contributed by atoms with Crippen molar-refractivity contribution >= 4 is 11.9 Å². The zero-order valence-electron chi connectivity index (χ0n) is 13.1. The number of hydrogen-bond donors (Lipinski definition) is 2. The minimum Gasteiger partial charge on any atom is -0.478 e. The van der Waals surface area contributed by atoms with Crippen LogP contribution in [0.1, 0.15) is 44.7 Å². The van der Waals surface area contributed by atoms with E-state index in [4.69, 9.17) is 14.3 Å². The fraction of sp³-hybridized carbons (Fsp3) is 0.294. The molecule has 2 aromatic rings. The van der Waals surface area contributed by atoms with Crippen molar-refractivity contribution in [1.29, 1.82) is 0 Å². The summed E-state index contributed by atoms with van der Waals surface area (Å²) in [4.78, 5) is 23.3. The topological polar surface area (TPSA) is 88.8 Å². The Balaban J connectivity index is 2.10. The molecule has 6 nitrogen and oxygen atoms in total. The molecule has 0 aliphatic carbocycles. The van der Waals surface area contributed by atoms with Gasteiger partial charge in [0.1, 0.15) is 11.3 Å². The molecule has 122 valence electrons. The number of carbonyl (C=O) groups excluding carboxylic acids is 1. The number of nitrogens with one attached hydrogen (secondary N) is 1. The molecule has 1 aromatic carbocycles. The summed E-state index contributed by atoms with van der Waals surface area (Å²) < 4.78 is 10.5. The highest BCUT2D eigenvalue weighted by atomic mass is 16.5. The Bertz CT molecular complexity index is 705. The van der Waals surface area contributed by atoms with Gasteiger partial charge in [-0.15, -0.1) is 0 Å². The molecule has 0 radical (unpaired) electrons. The second-order valence-electron chi connectivity index (χ2n) is 4.99. The van der Waals surface area contributed by atoms with E-state index in [-0.39, 0.29) is 11.3 Å². The first-order chi connectivity index (χ1) is 11.1. The van der Waals surface area contributed by atoms with E-state index in [1.54, 1.807) is 14.0 Å². The lowest BCUT2D eigenvalue weighted by Crippen LogP contribution is -2.23. The zero-order valence-corrected chi connectivity index (χ0v) is 13.1. The predicted octanol–water partition coefficient (Wildman–Crippen LogP) is 2.62. The first-order valence-electron chi connectivity index (χ1n) is 7.26. The number of methoxy groups -OCH3 is 1. The maximum Gasteiger partial charge on any atom is 0.339 e. The van der Waals surface area contributed by atoms with Crippen LogP contribution in [0.5, 0.6) is 0 Å². The van der Waals surface area contributed by atoms with Crippen LogP contribution in [-0.2, 0) is 24.3 Å². The molecule has 23 heavy (non-hydrogen) atoms. The van der Waals surface area contributed by atoms with Crippen molar-refractivity contribution in [2.24, 2.45) is 0 Å². The molecular formula is C17H19NO5. The lowest BCUT2D eigenvalue weighted by Gasteiger charge is -2.09. The molecular weight excluding hydrogens is 298 g/mol. The minimum atomic E-state index is -1.10. The number of carboxylic acid groups (broad SMARTS) is 1. The largest absolute Gasteiger partial charge is 0.478 e. The van der Waals surface area contributed by atoms with Gasteiger partial charge in [-0.25, -0.2) is 4.79 Å². The Morgan fingerprint density at radius 1 is 1.26 bits per heavy atom. The number of hydrogen-bond acceptors (Lipinski definition) is 4.